The zero-order chi connectivity index (χ0) is 13.6. The second-order valence-corrected chi connectivity index (χ2v) is 6.23. The molecule has 1 saturated heterocycles. The highest BCUT2D eigenvalue weighted by molar-refractivity contribution is 5.67. The lowest BCUT2D eigenvalue weighted by Gasteiger charge is -2.32. The Kier molecular flexibility index (Phi) is 5.93. The molecule has 0 saturated carbocycles. The number of likely N-dealkylation sites (tertiary alicyclic amines) is 1. The Morgan fingerprint density at radius 3 is 2.44 bits per heavy atom. The number of amides is 1. The summed E-state index contributed by atoms with van der Waals surface area (Å²) in [5.74, 6) is 0. The van der Waals surface area contributed by atoms with Gasteiger partial charge in [-0.3, -0.25) is 0 Å². The molecule has 4 heteroatoms. The lowest BCUT2D eigenvalue weighted by Crippen LogP contribution is -2.45. The summed E-state index contributed by atoms with van der Waals surface area (Å²) in [5.41, 5.74) is 0.388. The molecule has 1 aliphatic heterocycles. The number of nitrogens with zero attached hydrogens (tertiary/aromatic N) is 1. The number of nitrogens with one attached hydrogen (secondary N) is 1. The Balaban J connectivity index is 2.17. The maximum atomic E-state index is 11.5. The van der Waals surface area contributed by atoms with Gasteiger partial charge in [0.25, 0.3) is 0 Å². The number of hydrogen-bond donors (Lipinski definition) is 1. The zero-order valence-corrected chi connectivity index (χ0v) is 12.3. The summed E-state index contributed by atoms with van der Waals surface area (Å²) >= 11 is 0. The fourth-order valence-electron chi connectivity index (χ4n) is 2.13. The molecule has 18 heavy (non-hydrogen) atoms. The Hall–Kier alpha value is -0.770. The molecule has 1 N–H and O–H groups in total. The molecular formula is C14H28N2O2. The normalized spacial score (nSPS) is 17.9. The molecule has 0 spiro atoms. The molecule has 0 aliphatic carbocycles. The molecule has 1 fully saturated rings. The Labute approximate surface area is 111 Å². The van der Waals surface area contributed by atoms with Crippen LogP contribution < -0.4 is 5.32 Å². The number of carbonyl (C=O) groups is 1. The van der Waals surface area contributed by atoms with E-state index in [2.05, 4.69) is 26.1 Å². The second-order valence-electron chi connectivity index (χ2n) is 6.23. The molecule has 0 unspecified atom stereocenters. The number of carbonyl (C=O) groups excluding carboxylic acids is 1. The first-order valence-electron chi connectivity index (χ1n) is 7.07. The first-order valence-corrected chi connectivity index (χ1v) is 7.07. The van der Waals surface area contributed by atoms with Crippen molar-refractivity contribution in [1.29, 1.82) is 0 Å². The topological polar surface area (TPSA) is 41.6 Å². The van der Waals surface area contributed by atoms with E-state index >= 15 is 0 Å². The average Bonchev–Trinajstić information content (AvgIpc) is 2.28. The van der Waals surface area contributed by atoms with E-state index in [1.54, 1.807) is 0 Å². The van der Waals surface area contributed by atoms with Crippen LogP contribution in [0.5, 0.6) is 0 Å². The van der Waals surface area contributed by atoms with Crippen molar-refractivity contribution in [2.45, 2.75) is 53.0 Å². The lowest BCUT2D eigenvalue weighted by atomic mass is 9.92. The third-order valence-corrected chi connectivity index (χ3v) is 3.33. The van der Waals surface area contributed by atoms with Crippen molar-refractivity contribution in [2.75, 3.05) is 26.2 Å². The number of piperidine rings is 1. The van der Waals surface area contributed by atoms with Crippen LogP contribution in [0.3, 0.4) is 0 Å². The molecule has 1 amide bonds. The smallest absolute Gasteiger partial charge is 0.409 e. The Morgan fingerprint density at radius 2 is 1.94 bits per heavy atom. The van der Waals surface area contributed by atoms with Crippen LogP contribution in [0.25, 0.3) is 0 Å². The van der Waals surface area contributed by atoms with E-state index < -0.39 is 0 Å². The van der Waals surface area contributed by atoms with Crippen LogP contribution in [0.1, 0.15) is 47.0 Å². The van der Waals surface area contributed by atoms with Gasteiger partial charge < -0.3 is 15.0 Å². The van der Waals surface area contributed by atoms with Crippen LogP contribution in [0.15, 0.2) is 0 Å². The minimum atomic E-state index is -0.161. The maximum absolute atomic E-state index is 11.5. The first-order chi connectivity index (χ1) is 8.42. The summed E-state index contributed by atoms with van der Waals surface area (Å²) in [7, 11) is 0. The van der Waals surface area contributed by atoms with Crippen LogP contribution >= 0.6 is 0 Å². The zero-order valence-electron chi connectivity index (χ0n) is 12.3. The SMILES string of the molecule is CCOC(=O)N1CCC(NCCC(C)(C)C)CC1. The van der Waals surface area contributed by atoms with Crippen molar-refractivity contribution >= 4 is 6.09 Å². The van der Waals surface area contributed by atoms with E-state index in [1.165, 1.54) is 6.42 Å². The summed E-state index contributed by atoms with van der Waals surface area (Å²) in [6.07, 6.45) is 3.09. The lowest BCUT2D eigenvalue weighted by molar-refractivity contribution is 0.0949. The number of ether oxygens (including phenoxy) is 1. The number of hydrogen-bond acceptors (Lipinski definition) is 3. The van der Waals surface area contributed by atoms with Crippen molar-refractivity contribution in [3.05, 3.63) is 0 Å². The van der Waals surface area contributed by atoms with Crippen LogP contribution in [-0.4, -0.2) is 43.3 Å². The quantitative estimate of drug-likeness (QED) is 0.840. The van der Waals surface area contributed by atoms with E-state index in [9.17, 15) is 4.79 Å². The Morgan fingerprint density at radius 1 is 1.33 bits per heavy atom. The van der Waals surface area contributed by atoms with Crippen molar-refractivity contribution < 1.29 is 9.53 Å². The summed E-state index contributed by atoms with van der Waals surface area (Å²) in [6, 6.07) is 0.554. The highest BCUT2D eigenvalue weighted by Gasteiger charge is 2.23. The van der Waals surface area contributed by atoms with Gasteiger partial charge in [0.05, 0.1) is 6.61 Å². The van der Waals surface area contributed by atoms with Crippen molar-refractivity contribution in [3.8, 4) is 0 Å². The van der Waals surface area contributed by atoms with Gasteiger partial charge in [0.1, 0.15) is 0 Å². The third kappa shape index (κ3) is 5.71. The molecular weight excluding hydrogens is 228 g/mol. The molecule has 1 aliphatic rings. The molecule has 0 radical (unpaired) electrons. The molecule has 0 atom stereocenters. The van der Waals surface area contributed by atoms with Gasteiger partial charge in [-0.15, -0.1) is 0 Å². The minimum absolute atomic E-state index is 0.161. The predicted octanol–water partition coefficient (Wildman–Crippen LogP) is 2.63. The van der Waals surface area contributed by atoms with Gasteiger partial charge >= 0.3 is 6.09 Å². The molecule has 4 nitrogen and oxygen atoms in total. The molecule has 1 rings (SSSR count). The molecule has 1 heterocycles. The van der Waals surface area contributed by atoms with Gasteiger partial charge in [0.15, 0.2) is 0 Å². The standard InChI is InChI=1S/C14H28N2O2/c1-5-18-13(17)16-10-6-12(7-11-16)15-9-8-14(2,3)4/h12,15H,5-11H2,1-4H3. The van der Waals surface area contributed by atoms with E-state index in [-0.39, 0.29) is 6.09 Å². The van der Waals surface area contributed by atoms with Gasteiger partial charge in [-0.05, 0) is 38.1 Å². The monoisotopic (exact) mass is 256 g/mol. The highest BCUT2D eigenvalue weighted by Crippen LogP contribution is 2.18. The Bertz CT molecular complexity index is 253. The fourth-order valence-corrected chi connectivity index (χ4v) is 2.13. The van der Waals surface area contributed by atoms with Crippen molar-refractivity contribution in [2.24, 2.45) is 5.41 Å². The van der Waals surface area contributed by atoms with Crippen LogP contribution in [0.2, 0.25) is 0 Å². The van der Waals surface area contributed by atoms with Gasteiger partial charge in [-0.25, -0.2) is 4.79 Å². The van der Waals surface area contributed by atoms with E-state index in [4.69, 9.17) is 4.74 Å². The van der Waals surface area contributed by atoms with E-state index in [0.29, 0.717) is 18.1 Å². The molecule has 0 aromatic carbocycles. The van der Waals surface area contributed by atoms with Gasteiger partial charge in [-0.2, -0.15) is 0 Å². The predicted molar refractivity (Wildman–Crippen MR) is 73.7 cm³/mol. The molecule has 0 aromatic rings. The largest absolute Gasteiger partial charge is 0.450 e. The summed E-state index contributed by atoms with van der Waals surface area (Å²) in [5, 5.41) is 3.59. The average molecular weight is 256 g/mol. The summed E-state index contributed by atoms with van der Waals surface area (Å²) < 4.78 is 5.01. The number of rotatable bonds is 4. The van der Waals surface area contributed by atoms with Gasteiger partial charge in [0, 0.05) is 19.1 Å². The first kappa shape index (κ1) is 15.3. The minimum Gasteiger partial charge on any atom is -0.450 e. The van der Waals surface area contributed by atoms with E-state index in [1.807, 2.05) is 11.8 Å². The fraction of sp³-hybridized carbons (Fsp3) is 0.929. The molecule has 0 aromatic heterocycles. The second kappa shape index (κ2) is 6.98. The summed E-state index contributed by atoms with van der Waals surface area (Å²) in [6.45, 7) is 11.8. The summed E-state index contributed by atoms with van der Waals surface area (Å²) in [4.78, 5) is 13.3. The maximum Gasteiger partial charge on any atom is 0.409 e. The van der Waals surface area contributed by atoms with Crippen LogP contribution in [0, 0.1) is 5.41 Å². The van der Waals surface area contributed by atoms with Crippen molar-refractivity contribution in [1.82, 2.24) is 10.2 Å². The highest BCUT2D eigenvalue weighted by atomic mass is 16.6. The van der Waals surface area contributed by atoms with Gasteiger partial charge in [0.2, 0.25) is 0 Å². The van der Waals surface area contributed by atoms with Crippen LogP contribution in [0.4, 0.5) is 4.79 Å². The van der Waals surface area contributed by atoms with Gasteiger partial charge in [-0.1, -0.05) is 20.8 Å². The van der Waals surface area contributed by atoms with Crippen molar-refractivity contribution in [3.63, 3.8) is 0 Å². The van der Waals surface area contributed by atoms with E-state index in [0.717, 1.165) is 32.5 Å². The molecule has 106 valence electrons. The molecule has 0 bridgehead atoms. The third-order valence-electron chi connectivity index (χ3n) is 3.33. The van der Waals surface area contributed by atoms with Crippen LogP contribution in [-0.2, 0) is 4.74 Å².